The molecule has 1 N–H and O–H groups in total. The largest absolute Gasteiger partial charge is 0.352 e. The van der Waals surface area contributed by atoms with Gasteiger partial charge in [0.2, 0.25) is 11.8 Å². The van der Waals surface area contributed by atoms with Crippen molar-refractivity contribution in [3.8, 4) is 0 Å². The first-order valence-corrected chi connectivity index (χ1v) is 10.1. The van der Waals surface area contributed by atoms with E-state index < -0.39 is 0 Å². The molecule has 3 rings (SSSR count). The minimum atomic E-state index is -0.374. The van der Waals surface area contributed by atoms with E-state index in [1.807, 2.05) is 30.3 Å². The molecule has 6 heteroatoms. The van der Waals surface area contributed by atoms with Gasteiger partial charge in [0.05, 0.1) is 0 Å². The molecule has 1 aliphatic rings. The van der Waals surface area contributed by atoms with Crippen LogP contribution in [0.2, 0.25) is 0 Å². The van der Waals surface area contributed by atoms with E-state index in [9.17, 15) is 14.0 Å². The molecule has 2 aromatic carbocycles. The Morgan fingerprint density at radius 1 is 1.14 bits per heavy atom. The summed E-state index contributed by atoms with van der Waals surface area (Å²) in [6.07, 6.45) is 4.14. The summed E-state index contributed by atoms with van der Waals surface area (Å²) in [4.78, 5) is 26.4. The average Bonchev–Trinajstić information content (AvgIpc) is 2.73. The van der Waals surface area contributed by atoms with E-state index in [0.29, 0.717) is 38.0 Å². The van der Waals surface area contributed by atoms with Crippen LogP contribution in [0.4, 0.5) is 4.39 Å². The predicted molar refractivity (Wildman–Crippen MR) is 111 cm³/mol. The standard InChI is InChI=1S/C22H22BrFN2O2/c23-19-7-8-20(24)18(14-19)6-9-21(27)26-12-10-17(11-13-26)22(28)25-15-16-4-2-1-3-5-16/h1-9,14,17H,10-13,15H2,(H,25,28)/b9-6+. The van der Waals surface area contributed by atoms with Crippen LogP contribution >= 0.6 is 15.9 Å². The molecular weight excluding hydrogens is 423 g/mol. The molecule has 0 radical (unpaired) electrons. The lowest BCUT2D eigenvalue weighted by Gasteiger charge is -2.30. The molecule has 2 amide bonds. The number of carbonyl (C=O) groups is 2. The van der Waals surface area contributed by atoms with Gasteiger partial charge in [-0.2, -0.15) is 0 Å². The van der Waals surface area contributed by atoms with E-state index in [2.05, 4.69) is 21.2 Å². The van der Waals surface area contributed by atoms with Gasteiger partial charge in [0.1, 0.15) is 5.82 Å². The molecule has 0 aromatic heterocycles. The molecule has 0 atom stereocenters. The summed E-state index contributed by atoms with van der Waals surface area (Å²) in [5.74, 6) is -0.592. The molecule has 0 unspecified atom stereocenters. The van der Waals surface area contributed by atoms with Crippen LogP contribution in [0, 0.1) is 11.7 Å². The molecule has 0 aliphatic carbocycles. The SMILES string of the molecule is O=C(NCc1ccccc1)C1CCN(C(=O)/C=C/c2cc(Br)ccc2F)CC1. The molecule has 0 bridgehead atoms. The second kappa shape index (κ2) is 9.64. The number of hydrogen-bond donors (Lipinski definition) is 1. The second-order valence-corrected chi connectivity index (χ2v) is 7.72. The number of amides is 2. The Bertz CT molecular complexity index is 862. The van der Waals surface area contributed by atoms with Gasteiger partial charge in [0, 0.05) is 41.7 Å². The predicted octanol–water partition coefficient (Wildman–Crippen LogP) is 4.16. The van der Waals surface area contributed by atoms with Crippen molar-refractivity contribution < 1.29 is 14.0 Å². The van der Waals surface area contributed by atoms with Crippen LogP contribution in [0.25, 0.3) is 6.08 Å². The van der Waals surface area contributed by atoms with Gasteiger partial charge in [-0.1, -0.05) is 46.3 Å². The van der Waals surface area contributed by atoms with Crippen molar-refractivity contribution in [1.29, 1.82) is 0 Å². The topological polar surface area (TPSA) is 49.4 Å². The first-order valence-electron chi connectivity index (χ1n) is 9.26. The highest BCUT2D eigenvalue weighted by Gasteiger charge is 2.26. The van der Waals surface area contributed by atoms with Crippen molar-refractivity contribution in [2.45, 2.75) is 19.4 Å². The highest BCUT2D eigenvalue weighted by atomic mass is 79.9. The normalized spacial score (nSPS) is 15.0. The molecule has 4 nitrogen and oxygen atoms in total. The van der Waals surface area contributed by atoms with E-state index >= 15 is 0 Å². The Hall–Kier alpha value is -2.47. The second-order valence-electron chi connectivity index (χ2n) is 6.80. The maximum absolute atomic E-state index is 13.8. The Morgan fingerprint density at radius 2 is 1.86 bits per heavy atom. The lowest BCUT2D eigenvalue weighted by atomic mass is 9.95. The fraction of sp³-hybridized carbons (Fsp3) is 0.273. The fourth-order valence-electron chi connectivity index (χ4n) is 3.20. The zero-order valence-electron chi connectivity index (χ0n) is 15.4. The number of halogens is 2. The van der Waals surface area contributed by atoms with E-state index in [4.69, 9.17) is 0 Å². The molecule has 0 spiro atoms. The van der Waals surface area contributed by atoms with Gasteiger partial charge >= 0.3 is 0 Å². The third kappa shape index (κ3) is 5.52. The van der Waals surface area contributed by atoms with Gasteiger partial charge < -0.3 is 10.2 Å². The maximum atomic E-state index is 13.8. The lowest BCUT2D eigenvalue weighted by Crippen LogP contribution is -2.42. The summed E-state index contributed by atoms with van der Waals surface area (Å²) in [7, 11) is 0. The Labute approximate surface area is 172 Å². The first-order chi connectivity index (χ1) is 13.5. The number of benzene rings is 2. The summed E-state index contributed by atoms with van der Waals surface area (Å²) in [5, 5.41) is 2.97. The van der Waals surface area contributed by atoms with Crippen molar-refractivity contribution in [3.05, 3.63) is 76.0 Å². The van der Waals surface area contributed by atoms with Crippen molar-refractivity contribution in [1.82, 2.24) is 10.2 Å². The van der Waals surface area contributed by atoms with E-state index in [1.54, 1.807) is 17.0 Å². The van der Waals surface area contributed by atoms with Gasteiger partial charge in [-0.15, -0.1) is 0 Å². The van der Waals surface area contributed by atoms with E-state index in [0.717, 1.165) is 10.0 Å². The molecule has 1 heterocycles. The van der Waals surface area contributed by atoms with Gasteiger partial charge in [-0.3, -0.25) is 9.59 Å². The Balaban J connectivity index is 1.47. The van der Waals surface area contributed by atoms with Crippen LogP contribution < -0.4 is 5.32 Å². The zero-order chi connectivity index (χ0) is 19.9. The smallest absolute Gasteiger partial charge is 0.246 e. The Kier molecular flexibility index (Phi) is 6.98. The van der Waals surface area contributed by atoms with Crippen LogP contribution in [0.15, 0.2) is 59.1 Å². The summed E-state index contributed by atoms with van der Waals surface area (Å²) in [6, 6.07) is 14.4. The summed E-state index contributed by atoms with van der Waals surface area (Å²) in [6.45, 7) is 1.56. The van der Waals surface area contributed by atoms with Crippen LogP contribution in [0.5, 0.6) is 0 Å². The molecule has 2 aromatic rings. The first kappa shape index (κ1) is 20.3. The van der Waals surface area contributed by atoms with Crippen LogP contribution in [-0.4, -0.2) is 29.8 Å². The number of nitrogens with zero attached hydrogens (tertiary/aromatic N) is 1. The third-order valence-electron chi connectivity index (χ3n) is 4.85. The molecule has 146 valence electrons. The maximum Gasteiger partial charge on any atom is 0.246 e. The van der Waals surface area contributed by atoms with Crippen LogP contribution in [0.3, 0.4) is 0 Å². The molecule has 0 saturated carbocycles. The minimum absolute atomic E-state index is 0.0303. The molecule has 1 fully saturated rings. The quantitative estimate of drug-likeness (QED) is 0.703. The number of piperidine rings is 1. The molecule has 1 saturated heterocycles. The molecule has 1 aliphatic heterocycles. The highest BCUT2D eigenvalue weighted by Crippen LogP contribution is 2.19. The van der Waals surface area contributed by atoms with Gasteiger partial charge in [-0.25, -0.2) is 4.39 Å². The van der Waals surface area contributed by atoms with Crippen molar-refractivity contribution >= 4 is 33.8 Å². The number of nitrogens with one attached hydrogen (secondary N) is 1. The average molecular weight is 445 g/mol. The Morgan fingerprint density at radius 3 is 2.57 bits per heavy atom. The van der Waals surface area contributed by atoms with Crippen molar-refractivity contribution in [3.63, 3.8) is 0 Å². The van der Waals surface area contributed by atoms with Gasteiger partial charge in [0.25, 0.3) is 0 Å². The fourth-order valence-corrected chi connectivity index (χ4v) is 3.58. The lowest BCUT2D eigenvalue weighted by molar-refractivity contribution is -0.132. The third-order valence-corrected chi connectivity index (χ3v) is 5.34. The van der Waals surface area contributed by atoms with Crippen molar-refractivity contribution in [2.24, 2.45) is 5.92 Å². The zero-order valence-corrected chi connectivity index (χ0v) is 17.0. The van der Waals surface area contributed by atoms with Gasteiger partial charge in [0.15, 0.2) is 0 Å². The number of hydrogen-bond acceptors (Lipinski definition) is 2. The molecule has 28 heavy (non-hydrogen) atoms. The van der Waals surface area contributed by atoms with E-state index in [-0.39, 0.29) is 23.5 Å². The molecular formula is C22H22BrFN2O2. The summed E-state index contributed by atoms with van der Waals surface area (Å²) in [5.41, 5.74) is 1.42. The van der Waals surface area contributed by atoms with E-state index in [1.165, 1.54) is 18.2 Å². The van der Waals surface area contributed by atoms with Crippen LogP contribution in [0.1, 0.15) is 24.0 Å². The number of carbonyl (C=O) groups excluding carboxylic acids is 2. The number of rotatable bonds is 5. The summed E-state index contributed by atoms with van der Waals surface area (Å²) < 4.78 is 14.5. The van der Waals surface area contributed by atoms with Crippen LogP contribution in [-0.2, 0) is 16.1 Å². The number of likely N-dealkylation sites (tertiary alicyclic amines) is 1. The van der Waals surface area contributed by atoms with Gasteiger partial charge in [-0.05, 0) is 42.7 Å². The van der Waals surface area contributed by atoms with Crippen molar-refractivity contribution in [2.75, 3.05) is 13.1 Å². The minimum Gasteiger partial charge on any atom is -0.352 e. The highest BCUT2D eigenvalue weighted by molar-refractivity contribution is 9.10. The monoisotopic (exact) mass is 444 g/mol. The summed E-state index contributed by atoms with van der Waals surface area (Å²) >= 11 is 3.29.